The molecule has 3 aromatic carbocycles. The zero-order chi connectivity index (χ0) is 35.6. The zero-order valence-electron chi connectivity index (χ0n) is 26.6. The number of nitro benzene ring substituents is 1. The average molecular weight is 706 g/mol. The Morgan fingerprint density at radius 2 is 1.44 bits per heavy atom. The van der Waals surface area contributed by atoms with Crippen LogP contribution in [-0.4, -0.2) is 63.7 Å². The summed E-state index contributed by atoms with van der Waals surface area (Å²) in [5.41, 5.74) is 1.39. The molecule has 0 aromatic heterocycles. The number of ether oxygens (including phenoxy) is 5. The third-order valence-corrected chi connectivity index (χ3v) is 8.63. The molecule has 0 spiro atoms. The molecule has 16 heteroatoms. The average Bonchev–Trinajstić information content (AvgIpc) is 3.11. The molecule has 2 aliphatic heterocycles. The number of rotatable bonds is 14. The number of nitrogens with zero attached hydrogens (tertiary/aromatic N) is 2. The normalized spacial score (nSPS) is 17.1. The Balaban J connectivity index is 1.21. The van der Waals surface area contributed by atoms with Crippen molar-refractivity contribution in [2.75, 3.05) is 13.2 Å². The smallest absolute Gasteiger partial charge is 0.485 e. The molecule has 1 fully saturated rings. The van der Waals surface area contributed by atoms with Crippen molar-refractivity contribution in [3.05, 3.63) is 123 Å². The molecule has 2 amide bonds. The highest BCUT2D eigenvalue weighted by atomic mass is 32.2. The number of nitro groups is 1. The van der Waals surface area contributed by atoms with Gasteiger partial charge >= 0.3 is 18.2 Å². The first-order valence-electron chi connectivity index (χ1n) is 15.3. The van der Waals surface area contributed by atoms with Crippen LogP contribution in [0.4, 0.5) is 15.3 Å². The zero-order valence-corrected chi connectivity index (χ0v) is 27.4. The van der Waals surface area contributed by atoms with Gasteiger partial charge in [0.15, 0.2) is 5.70 Å². The summed E-state index contributed by atoms with van der Waals surface area (Å²) >= 11 is 0.707. The van der Waals surface area contributed by atoms with Crippen molar-refractivity contribution in [3.8, 4) is 0 Å². The fraction of sp³-hybridized carbons (Fsp3) is 0.265. The maximum atomic E-state index is 13.5. The number of benzene rings is 3. The van der Waals surface area contributed by atoms with Gasteiger partial charge in [-0.15, -0.1) is 0 Å². The van der Waals surface area contributed by atoms with Crippen molar-refractivity contribution in [1.82, 2.24) is 10.2 Å². The molecule has 260 valence electrons. The minimum absolute atomic E-state index is 0.0461. The first kappa shape index (κ1) is 35.4. The van der Waals surface area contributed by atoms with Gasteiger partial charge in [-0.25, -0.2) is 14.4 Å². The van der Waals surface area contributed by atoms with Gasteiger partial charge in [0.2, 0.25) is 11.7 Å². The number of hydrogen-bond donors (Lipinski definition) is 1. The molecule has 0 saturated carbocycles. The number of nitrogens with one attached hydrogen (secondary N) is 1. The van der Waals surface area contributed by atoms with E-state index >= 15 is 0 Å². The molecule has 0 radical (unpaired) electrons. The van der Waals surface area contributed by atoms with Gasteiger partial charge in [0.1, 0.15) is 43.8 Å². The number of alkyl carbamates (subject to hydrolysis) is 1. The number of β-lactam (4-membered cyclic amide) rings is 1. The molecule has 1 saturated heterocycles. The Morgan fingerprint density at radius 3 is 2.06 bits per heavy atom. The number of amides is 2. The quantitative estimate of drug-likeness (QED) is 0.0613. The summed E-state index contributed by atoms with van der Waals surface area (Å²) in [5.74, 6) is -3.05. The van der Waals surface area contributed by atoms with Crippen LogP contribution in [0.2, 0.25) is 0 Å². The van der Waals surface area contributed by atoms with Gasteiger partial charge in [-0.1, -0.05) is 72.4 Å². The molecule has 3 aromatic rings. The van der Waals surface area contributed by atoms with Crippen molar-refractivity contribution in [1.29, 1.82) is 0 Å². The third-order valence-electron chi connectivity index (χ3n) is 7.48. The molecular formula is C34H31N3O12S. The Morgan fingerprint density at radius 1 is 0.860 bits per heavy atom. The summed E-state index contributed by atoms with van der Waals surface area (Å²) in [4.78, 5) is 76.1. The number of hydrogen-bond acceptors (Lipinski definition) is 13. The van der Waals surface area contributed by atoms with E-state index < -0.39 is 63.0 Å². The van der Waals surface area contributed by atoms with Crippen LogP contribution in [-0.2, 0) is 57.9 Å². The lowest BCUT2D eigenvalue weighted by molar-refractivity contribution is -0.384. The van der Waals surface area contributed by atoms with Gasteiger partial charge in [0.25, 0.3) is 10.8 Å². The first-order valence-corrected chi connectivity index (χ1v) is 16.1. The first-order chi connectivity index (χ1) is 24.1. The number of fused-ring (bicyclic) bond motifs is 1. The van der Waals surface area contributed by atoms with Crippen LogP contribution in [0, 0.1) is 16.0 Å². The molecule has 15 nitrogen and oxygen atoms in total. The Kier molecular flexibility index (Phi) is 11.7. The van der Waals surface area contributed by atoms with Gasteiger partial charge in [0.05, 0.1) is 11.5 Å². The van der Waals surface area contributed by atoms with E-state index in [0.717, 1.165) is 10.5 Å². The highest BCUT2D eigenvalue weighted by Crippen LogP contribution is 2.47. The molecule has 0 unspecified atom stereocenters. The van der Waals surface area contributed by atoms with E-state index in [1.165, 1.54) is 31.2 Å². The minimum atomic E-state index is -1.11. The largest absolute Gasteiger partial charge is 0.508 e. The Labute approximate surface area is 289 Å². The van der Waals surface area contributed by atoms with Crippen LogP contribution in [0.15, 0.2) is 96.4 Å². The van der Waals surface area contributed by atoms with Crippen molar-refractivity contribution < 1.29 is 52.6 Å². The minimum Gasteiger partial charge on any atom is -0.485 e. The molecule has 2 heterocycles. The Bertz CT molecular complexity index is 1770. The second-order valence-corrected chi connectivity index (χ2v) is 12.0. The van der Waals surface area contributed by atoms with Crippen molar-refractivity contribution in [3.63, 3.8) is 0 Å². The van der Waals surface area contributed by atoms with E-state index in [1.807, 2.05) is 18.2 Å². The van der Waals surface area contributed by atoms with Crippen LogP contribution in [0.3, 0.4) is 0 Å². The van der Waals surface area contributed by atoms with Crippen molar-refractivity contribution >= 4 is 46.7 Å². The highest BCUT2D eigenvalue weighted by Gasteiger charge is 2.59. The topological polar surface area (TPSA) is 190 Å². The van der Waals surface area contributed by atoms with E-state index in [2.05, 4.69) is 5.32 Å². The standard InChI is InChI=1S/C34H31N3O12S/c1-21(49-34(42)48-20-24-12-14-25(15-13-24)37(43)44)26-29(38)36-27(31(39)46-18-22-8-4-2-5-9-22)28(32(40)50-30(26)36)45-17-16-35-33(41)47-19-23-10-6-3-7-11-23/h2-15,21,26,30H,16-20H2,1H3,(H,35,41)/t21-,26+,30+/m1/s1. The number of thioether (sulfide) groups is 1. The fourth-order valence-electron chi connectivity index (χ4n) is 4.96. The van der Waals surface area contributed by atoms with Crippen molar-refractivity contribution in [2.24, 2.45) is 5.92 Å². The second kappa shape index (κ2) is 16.5. The lowest BCUT2D eigenvalue weighted by Crippen LogP contribution is -2.65. The van der Waals surface area contributed by atoms with E-state index in [4.69, 9.17) is 23.7 Å². The summed E-state index contributed by atoms with van der Waals surface area (Å²) in [7, 11) is 0. The maximum Gasteiger partial charge on any atom is 0.508 e. The lowest BCUT2D eigenvalue weighted by atomic mass is 9.91. The lowest BCUT2D eigenvalue weighted by Gasteiger charge is -2.49. The predicted octanol–water partition coefficient (Wildman–Crippen LogP) is 4.59. The van der Waals surface area contributed by atoms with E-state index in [1.54, 1.807) is 42.5 Å². The molecule has 3 atom stereocenters. The second-order valence-electron chi connectivity index (χ2n) is 10.9. The van der Waals surface area contributed by atoms with Crippen LogP contribution >= 0.6 is 11.8 Å². The van der Waals surface area contributed by atoms with Crippen LogP contribution in [0.25, 0.3) is 0 Å². The van der Waals surface area contributed by atoms with E-state index in [0.29, 0.717) is 22.9 Å². The Hall–Kier alpha value is -5.90. The van der Waals surface area contributed by atoms with Gasteiger partial charge in [-0.05, 0) is 35.7 Å². The van der Waals surface area contributed by atoms with E-state index in [-0.39, 0.29) is 38.7 Å². The van der Waals surface area contributed by atoms with Crippen LogP contribution in [0.5, 0.6) is 0 Å². The van der Waals surface area contributed by atoms with Gasteiger partial charge in [-0.2, -0.15) is 0 Å². The predicted molar refractivity (Wildman–Crippen MR) is 174 cm³/mol. The van der Waals surface area contributed by atoms with Crippen LogP contribution < -0.4 is 5.32 Å². The summed E-state index contributed by atoms with van der Waals surface area (Å²) < 4.78 is 26.7. The number of esters is 1. The number of carbonyl (C=O) groups excluding carboxylic acids is 5. The molecular weight excluding hydrogens is 674 g/mol. The SMILES string of the molecule is C[C@@H](OC(=O)OCc1ccc([N+](=O)[O-])cc1)[C@H]1C(=O)N2C(C(=O)OCc3ccccc3)=C(OCCNC(=O)OCc3ccccc3)C(=O)S[C@@H]12. The molecule has 1 N–H and O–H groups in total. The van der Waals surface area contributed by atoms with Crippen LogP contribution in [0.1, 0.15) is 23.6 Å². The van der Waals surface area contributed by atoms with Gasteiger partial charge < -0.3 is 29.0 Å². The van der Waals surface area contributed by atoms with E-state index in [9.17, 15) is 34.1 Å². The maximum absolute atomic E-state index is 13.5. The summed E-state index contributed by atoms with van der Waals surface area (Å²) in [6, 6.07) is 23.2. The van der Waals surface area contributed by atoms with Crippen molar-refractivity contribution in [2.45, 2.75) is 38.2 Å². The monoisotopic (exact) mass is 705 g/mol. The molecule has 0 aliphatic carbocycles. The highest BCUT2D eigenvalue weighted by molar-refractivity contribution is 8.14. The van der Waals surface area contributed by atoms with Gasteiger partial charge in [-0.3, -0.25) is 24.6 Å². The molecule has 2 aliphatic rings. The number of carbonyl (C=O) groups is 5. The molecule has 0 bridgehead atoms. The molecule has 50 heavy (non-hydrogen) atoms. The number of non-ortho nitro benzene ring substituents is 1. The van der Waals surface area contributed by atoms with Gasteiger partial charge in [0, 0.05) is 12.1 Å². The summed E-state index contributed by atoms with van der Waals surface area (Å²) in [6.45, 7) is 0.768. The molecule has 5 rings (SSSR count). The summed E-state index contributed by atoms with van der Waals surface area (Å²) in [6.07, 6.45) is -2.89. The fourth-order valence-corrected chi connectivity index (χ4v) is 6.24. The third kappa shape index (κ3) is 8.76. The summed E-state index contributed by atoms with van der Waals surface area (Å²) in [5, 5.41) is 11.7.